The minimum atomic E-state index is -4.51. The summed E-state index contributed by atoms with van der Waals surface area (Å²) < 4.78 is 97.3. The van der Waals surface area contributed by atoms with Crippen molar-refractivity contribution in [3.8, 4) is 0 Å². The van der Waals surface area contributed by atoms with E-state index >= 15 is 0 Å². The van der Waals surface area contributed by atoms with Crippen molar-refractivity contribution in [1.82, 2.24) is 31.9 Å². The molecule has 44 heteroatoms. The smallest absolute Gasteiger partial charge is 0.394 e. The third-order valence-corrected chi connectivity index (χ3v) is 23.4. The number of hydrogen-bond acceptors (Lipinski definition) is 34. The number of carbonyl (C=O) groups is 10. The average Bonchev–Trinajstić information content (AvgIpc) is 1.19. The number of ketones is 4. The van der Waals surface area contributed by atoms with Gasteiger partial charge in [0.05, 0.1) is 84.9 Å². The van der Waals surface area contributed by atoms with Crippen molar-refractivity contribution in [2.45, 2.75) is 337 Å². The van der Waals surface area contributed by atoms with Crippen LogP contribution >= 0.6 is 16.1 Å². The van der Waals surface area contributed by atoms with Crippen LogP contribution in [0.5, 0.6) is 0 Å². The lowest BCUT2D eigenvalue weighted by molar-refractivity contribution is -0.282. The van der Waals surface area contributed by atoms with Gasteiger partial charge in [0.15, 0.2) is 18.9 Å². The standard InChI is InChI=1S/C82H144N6O36P2/c1-53-55(3)120-65(78(53)124-125(108)109)49-119-126(110,111)118-42-18-7-6-17-36-83-67(99)31-22-32-69(101)88-82(50-112-43-33-60(96)26-12-8-10-24-58(94)28-14-19-39-115-79-54(2)72(102)73(103)62(46-89)121-79,51-113-44-34-61(97)27-13-9-11-25-59(95)29-15-20-40-116-80-70(86-56(4)92)76(106)74(104)63(47-90)122-80)52-114-45-35-68(100)85-38-23-37-84-66(98)30-16-21-41-117-81-71(87-57(5)93)77(107)75(105)64(48-91)123-81/h53-55,62-65,70-81,89-91,102-107H,6-52H2,1-5H3,(H7-,83,84,85,86,87,88,92,93,98,99,100,101,108,109,110,111)/p+1/t53?,54-,55-,62?,63?,64?,65+,70-,71-,72?,73-,74-,75-,76?,77?,78-,79+,80+,81+,82?/m0/s1. The Bertz CT molecular complexity index is 3150. The van der Waals surface area contributed by atoms with Gasteiger partial charge in [-0.25, -0.2) is 4.57 Å². The Kier molecular flexibility index (Phi) is 57.4. The zero-order valence-corrected chi connectivity index (χ0v) is 75.5. The fourth-order valence-corrected chi connectivity index (χ4v) is 15.7. The van der Waals surface area contributed by atoms with Gasteiger partial charge in [-0.05, 0) is 96.8 Å². The Hall–Kier alpha value is -5.13. The van der Waals surface area contributed by atoms with E-state index in [0.29, 0.717) is 129 Å². The zero-order valence-electron chi connectivity index (χ0n) is 73.7. The second-order valence-electron chi connectivity index (χ2n) is 32.7. The van der Waals surface area contributed by atoms with Crippen molar-refractivity contribution in [2.75, 3.05) is 112 Å². The highest BCUT2D eigenvalue weighted by molar-refractivity contribution is 7.47. The van der Waals surface area contributed by atoms with Crippen molar-refractivity contribution in [1.29, 1.82) is 0 Å². The maximum Gasteiger partial charge on any atom is 0.695 e. The summed E-state index contributed by atoms with van der Waals surface area (Å²) in [4.78, 5) is 148. The van der Waals surface area contributed by atoms with Crippen molar-refractivity contribution in [3.05, 3.63) is 0 Å². The van der Waals surface area contributed by atoms with Crippen LogP contribution in [0.15, 0.2) is 0 Å². The Morgan fingerprint density at radius 1 is 0.389 bits per heavy atom. The molecule has 728 valence electrons. The van der Waals surface area contributed by atoms with Crippen LogP contribution in [0.1, 0.15) is 227 Å². The van der Waals surface area contributed by atoms with Gasteiger partial charge in [0, 0.05) is 147 Å². The molecular formula is C82H145N6O36P2+. The fraction of sp³-hybridized carbons (Fsp3) is 0.878. The summed E-state index contributed by atoms with van der Waals surface area (Å²) in [5.74, 6) is -3.56. The number of phosphoric ester groups is 1. The summed E-state index contributed by atoms with van der Waals surface area (Å²) in [6.45, 7) is 5.24. The van der Waals surface area contributed by atoms with Crippen LogP contribution in [-0.4, -0.2) is 336 Å². The lowest BCUT2D eigenvalue weighted by Crippen LogP contribution is -2.64. The molecule has 0 aromatic heterocycles. The summed E-state index contributed by atoms with van der Waals surface area (Å²) >= 11 is 0. The van der Waals surface area contributed by atoms with Gasteiger partial charge in [0.2, 0.25) is 35.4 Å². The first-order chi connectivity index (χ1) is 60.1. The number of Topliss-reactive ketones (excluding diaryl/α,β-unsaturated/α-hetero) is 4. The summed E-state index contributed by atoms with van der Waals surface area (Å²) in [5, 5.41) is 107. The SMILES string of the molecule is CC(=O)N[C@H]1C(O)[C@@H](O)C(CO)O[C@H]1OCCCCC(=O)CCCCCC(=O)CCOCC(COCCC(=O)CCCCCC(=O)CCCCO[C@@H]1OC(CO)[C@H](O)C(O)[C@@H]1C)(COCCC(=O)NCCCNC(=O)CCCCO[C@@H]1OC(CO)[C@H](O)C(O)[C@@H]1NC(C)=O)NC(=O)CCCC(=O)NCCCCCCOP(=O)(O)OC[C@H]1O[C@@H](C)C(C)[C@@H]1O[P+](=O)O. The highest BCUT2D eigenvalue weighted by Gasteiger charge is 2.49. The highest BCUT2D eigenvalue weighted by Crippen LogP contribution is 2.45. The lowest BCUT2D eigenvalue weighted by atomic mass is 9.92. The second-order valence-corrected chi connectivity index (χ2v) is 34.9. The number of aliphatic hydroxyl groups is 9. The van der Waals surface area contributed by atoms with Crippen LogP contribution in [0.3, 0.4) is 0 Å². The molecule has 4 saturated heterocycles. The molecule has 4 heterocycles. The third kappa shape index (κ3) is 45.8. The molecule has 22 atom stereocenters. The Labute approximate surface area is 738 Å². The first-order valence-electron chi connectivity index (χ1n) is 44.4. The van der Waals surface area contributed by atoms with E-state index in [-0.39, 0.29) is 197 Å². The molecule has 4 aliphatic heterocycles. The quantitative estimate of drug-likeness (QED) is 0.0296. The minimum Gasteiger partial charge on any atom is -0.394 e. The zero-order chi connectivity index (χ0) is 93.0. The molecule has 0 bridgehead atoms. The van der Waals surface area contributed by atoms with Gasteiger partial charge in [-0.2, -0.15) is 0 Å². The summed E-state index contributed by atoms with van der Waals surface area (Å²) in [6.07, 6.45) is -6.92. The van der Waals surface area contributed by atoms with Crippen molar-refractivity contribution in [3.63, 3.8) is 0 Å². The Morgan fingerprint density at radius 2 is 0.754 bits per heavy atom. The molecular weight excluding hydrogens is 1710 g/mol. The molecule has 4 aliphatic rings. The molecule has 42 nitrogen and oxygen atoms in total. The van der Waals surface area contributed by atoms with Crippen molar-refractivity contribution >= 4 is 74.7 Å². The van der Waals surface area contributed by atoms with Gasteiger partial charge in [-0.1, -0.05) is 39.5 Å². The van der Waals surface area contributed by atoms with Gasteiger partial charge < -0.3 is 130 Å². The molecule has 126 heavy (non-hydrogen) atoms. The molecule has 6 amide bonds. The van der Waals surface area contributed by atoms with E-state index in [9.17, 15) is 113 Å². The van der Waals surface area contributed by atoms with E-state index in [2.05, 4.69) is 31.9 Å². The molecule has 4 fully saturated rings. The average molecular weight is 1850 g/mol. The number of unbranched alkanes of at least 4 members (excludes halogenated alkanes) is 10. The first kappa shape index (κ1) is 113. The molecule has 0 aromatic carbocycles. The molecule has 0 aliphatic carbocycles. The largest absolute Gasteiger partial charge is 0.695 e. The number of amides is 6. The number of ether oxygens (including phenoxy) is 10. The van der Waals surface area contributed by atoms with Crippen LogP contribution in [-0.2, 0) is 118 Å². The van der Waals surface area contributed by atoms with Crippen LogP contribution < -0.4 is 31.9 Å². The third-order valence-electron chi connectivity index (χ3n) is 22.0. The molecule has 0 aromatic rings. The van der Waals surface area contributed by atoms with Gasteiger partial charge in [-0.3, -0.25) is 57.0 Å². The normalized spacial score (nSPS) is 26.6. The molecule has 0 saturated carbocycles. The van der Waals surface area contributed by atoms with Crippen LogP contribution in [0, 0.1) is 11.8 Å². The number of phosphoric acid groups is 1. The maximum absolute atomic E-state index is 14.1. The molecule has 4 rings (SSSR count). The number of rotatable bonds is 72. The minimum absolute atomic E-state index is 0.00495. The van der Waals surface area contributed by atoms with Crippen molar-refractivity contribution in [2.24, 2.45) is 11.8 Å². The van der Waals surface area contributed by atoms with Gasteiger partial charge >= 0.3 is 16.1 Å². The van der Waals surface area contributed by atoms with E-state index < -0.39 is 176 Å². The maximum atomic E-state index is 14.1. The summed E-state index contributed by atoms with van der Waals surface area (Å²) in [7, 11) is -7.47. The van der Waals surface area contributed by atoms with Crippen LogP contribution in [0.25, 0.3) is 0 Å². The number of nitrogens with one attached hydrogen (secondary N) is 6. The van der Waals surface area contributed by atoms with Crippen LogP contribution in [0.2, 0.25) is 0 Å². The molecule has 10 unspecified atom stereocenters. The monoisotopic (exact) mass is 1850 g/mol. The lowest BCUT2D eigenvalue weighted by Gasteiger charge is -2.42. The number of hydrogen-bond donors (Lipinski definition) is 17. The van der Waals surface area contributed by atoms with Gasteiger partial charge in [0.1, 0.15) is 102 Å². The van der Waals surface area contributed by atoms with E-state index in [4.69, 9.17) is 60.9 Å². The van der Waals surface area contributed by atoms with Crippen LogP contribution in [0.4, 0.5) is 0 Å². The Balaban J connectivity index is 1.31. The van der Waals surface area contributed by atoms with Gasteiger partial charge in [0.25, 0.3) is 0 Å². The van der Waals surface area contributed by atoms with Gasteiger partial charge in [-0.15, -0.1) is 9.42 Å². The van der Waals surface area contributed by atoms with E-state index in [1.54, 1.807) is 20.8 Å². The first-order valence-corrected chi connectivity index (χ1v) is 47.0. The topological polar surface area (TPSA) is 620 Å². The molecule has 17 N–H and O–H groups in total. The van der Waals surface area contributed by atoms with Crippen molar-refractivity contribution < 1.29 is 174 Å². The van der Waals surface area contributed by atoms with E-state index in [0.717, 1.165) is 0 Å². The molecule has 0 radical (unpaired) electrons. The number of carbonyl (C=O) groups excluding carboxylic acids is 10. The van der Waals surface area contributed by atoms with E-state index in [1.165, 1.54) is 13.8 Å². The summed E-state index contributed by atoms with van der Waals surface area (Å²) in [5.41, 5.74) is -1.50. The highest BCUT2D eigenvalue weighted by atomic mass is 31.2. The number of aliphatic hydroxyl groups excluding tert-OH is 9. The van der Waals surface area contributed by atoms with E-state index in [1.807, 2.05) is 0 Å². The predicted octanol–water partition coefficient (Wildman–Crippen LogP) is 0.823. The molecule has 0 spiro atoms. The predicted molar refractivity (Wildman–Crippen MR) is 446 cm³/mol. The fourth-order valence-electron chi connectivity index (χ4n) is 14.4. The Morgan fingerprint density at radius 3 is 1.21 bits per heavy atom. The summed E-state index contributed by atoms with van der Waals surface area (Å²) in [6, 6.07) is -2.20. The second kappa shape index (κ2) is 63.9.